The number of carbonyl (C=O) groups is 1. The van der Waals surface area contributed by atoms with Gasteiger partial charge in [0.25, 0.3) is 0 Å². The summed E-state index contributed by atoms with van der Waals surface area (Å²) in [6.07, 6.45) is 2.24. The number of halogens is 2. The van der Waals surface area contributed by atoms with E-state index < -0.39 is 11.6 Å². The number of amides is 1. The van der Waals surface area contributed by atoms with Gasteiger partial charge in [-0.05, 0) is 48.6 Å². The molecule has 3 aromatic rings. The van der Waals surface area contributed by atoms with E-state index in [1.54, 1.807) is 18.2 Å². The van der Waals surface area contributed by atoms with E-state index in [2.05, 4.69) is 4.98 Å². The fourth-order valence-corrected chi connectivity index (χ4v) is 3.77. The summed E-state index contributed by atoms with van der Waals surface area (Å²) in [5, 5.41) is 0. The van der Waals surface area contributed by atoms with Crippen molar-refractivity contribution in [1.82, 2.24) is 9.88 Å². The number of hydrogen-bond acceptors (Lipinski definition) is 3. The summed E-state index contributed by atoms with van der Waals surface area (Å²) in [6, 6.07) is 8.54. The Kier molecular flexibility index (Phi) is 4.87. The van der Waals surface area contributed by atoms with E-state index in [0.29, 0.717) is 47.0 Å². The molecule has 0 radical (unpaired) electrons. The average Bonchev–Trinajstić information content (AvgIpc) is 3.27. The molecule has 0 spiro atoms. The minimum atomic E-state index is -0.621. The van der Waals surface area contributed by atoms with Gasteiger partial charge in [-0.15, -0.1) is 0 Å². The Morgan fingerprint density at radius 3 is 2.82 bits per heavy atom. The van der Waals surface area contributed by atoms with Crippen LogP contribution in [-0.2, 0) is 4.79 Å². The van der Waals surface area contributed by atoms with Crippen LogP contribution in [0.4, 0.5) is 8.78 Å². The van der Waals surface area contributed by atoms with Gasteiger partial charge >= 0.3 is 0 Å². The molecule has 1 saturated heterocycles. The number of aromatic nitrogens is 1. The van der Waals surface area contributed by atoms with Crippen molar-refractivity contribution in [3.05, 3.63) is 53.9 Å². The van der Waals surface area contributed by atoms with Gasteiger partial charge in [-0.3, -0.25) is 4.79 Å². The summed E-state index contributed by atoms with van der Waals surface area (Å²) >= 11 is 0. The number of oxazole rings is 1. The SMILES string of the molecule is CC(C)CC(=O)N1CCC[C@H]1c1nc2cc(-c3ccc(F)cc3F)ccc2o1. The van der Waals surface area contributed by atoms with Crippen LogP contribution >= 0.6 is 0 Å². The molecule has 0 aliphatic carbocycles. The first kappa shape index (κ1) is 18.6. The summed E-state index contributed by atoms with van der Waals surface area (Å²) in [6.45, 7) is 4.76. The van der Waals surface area contributed by atoms with E-state index in [1.165, 1.54) is 12.1 Å². The summed E-state index contributed by atoms with van der Waals surface area (Å²) in [5.74, 6) is -0.302. The van der Waals surface area contributed by atoms with E-state index >= 15 is 0 Å². The van der Waals surface area contributed by atoms with Gasteiger partial charge < -0.3 is 9.32 Å². The molecule has 6 heteroatoms. The van der Waals surface area contributed by atoms with Gasteiger partial charge in [0, 0.05) is 24.6 Å². The third-order valence-electron chi connectivity index (χ3n) is 5.09. The zero-order chi connectivity index (χ0) is 19.8. The molecule has 4 rings (SSSR count). The van der Waals surface area contributed by atoms with E-state index in [-0.39, 0.29) is 11.9 Å². The van der Waals surface area contributed by atoms with Crippen molar-refractivity contribution in [3.8, 4) is 11.1 Å². The standard InChI is InChI=1S/C22H22F2N2O2/c1-13(2)10-21(27)26-9-3-4-19(26)22-25-18-11-14(5-8-20(18)28-22)16-7-6-15(23)12-17(16)24/h5-8,11-13,19H,3-4,9-10H2,1-2H3/t19-/m0/s1. The quantitative estimate of drug-likeness (QED) is 0.598. The van der Waals surface area contributed by atoms with Gasteiger partial charge in [0.1, 0.15) is 23.2 Å². The Labute approximate surface area is 162 Å². The first-order valence-electron chi connectivity index (χ1n) is 9.58. The highest BCUT2D eigenvalue weighted by Gasteiger charge is 2.33. The smallest absolute Gasteiger partial charge is 0.223 e. The second-order valence-corrected chi connectivity index (χ2v) is 7.70. The lowest BCUT2D eigenvalue weighted by Crippen LogP contribution is -2.31. The first-order chi connectivity index (χ1) is 13.4. The maximum Gasteiger partial charge on any atom is 0.223 e. The molecule has 2 aromatic carbocycles. The number of fused-ring (bicyclic) bond motifs is 1. The number of carbonyl (C=O) groups excluding carboxylic acids is 1. The van der Waals surface area contributed by atoms with E-state index in [9.17, 15) is 13.6 Å². The Balaban J connectivity index is 1.65. The molecule has 0 unspecified atom stereocenters. The number of nitrogens with zero attached hydrogens (tertiary/aromatic N) is 2. The lowest BCUT2D eigenvalue weighted by molar-refractivity contribution is -0.133. The third-order valence-corrected chi connectivity index (χ3v) is 5.09. The summed E-state index contributed by atoms with van der Waals surface area (Å²) in [5.41, 5.74) is 2.09. The Morgan fingerprint density at radius 1 is 1.25 bits per heavy atom. The highest BCUT2D eigenvalue weighted by molar-refractivity contribution is 5.81. The van der Waals surface area contributed by atoms with Gasteiger partial charge in [0.05, 0.1) is 0 Å². The summed E-state index contributed by atoms with van der Waals surface area (Å²) in [4.78, 5) is 19.0. The van der Waals surface area contributed by atoms with Crippen molar-refractivity contribution >= 4 is 17.0 Å². The minimum Gasteiger partial charge on any atom is -0.438 e. The second-order valence-electron chi connectivity index (χ2n) is 7.70. The topological polar surface area (TPSA) is 46.3 Å². The molecule has 0 N–H and O–H groups in total. The molecule has 2 heterocycles. The van der Waals surface area contributed by atoms with Crippen molar-refractivity contribution in [1.29, 1.82) is 0 Å². The van der Waals surface area contributed by atoms with Crippen molar-refractivity contribution in [2.45, 2.75) is 39.2 Å². The highest BCUT2D eigenvalue weighted by atomic mass is 19.1. The van der Waals surface area contributed by atoms with Crippen LogP contribution in [0.1, 0.15) is 45.0 Å². The lowest BCUT2D eigenvalue weighted by Gasteiger charge is -2.23. The molecule has 146 valence electrons. The zero-order valence-corrected chi connectivity index (χ0v) is 15.9. The van der Waals surface area contributed by atoms with Gasteiger partial charge in [-0.1, -0.05) is 19.9 Å². The highest BCUT2D eigenvalue weighted by Crippen LogP contribution is 2.35. The van der Waals surface area contributed by atoms with Crippen LogP contribution in [0.3, 0.4) is 0 Å². The zero-order valence-electron chi connectivity index (χ0n) is 15.9. The Morgan fingerprint density at radius 2 is 2.07 bits per heavy atom. The molecule has 0 bridgehead atoms. The monoisotopic (exact) mass is 384 g/mol. The van der Waals surface area contributed by atoms with Gasteiger partial charge in [0.15, 0.2) is 5.58 Å². The van der Waals surface area contributed by atoms with E-state index in [1.807, 2.05) is 18.7 Å². The number of benzene rings is 2. The van der Waals surface area contributed by atoms with Gasteiger partial charge in [-0.25, -0.2) is 13.8 Å². The normalized spacial score (nSPS) is 17.0. The number of hydrogen-bond donors (Lipinski definition) is 0. The fourth-order valence-electron chi connectivity index (χ4n) is 3.77. The molecule has 0 saturated carbocycles. The van der Waals surface area contributed by atoms with Crippen LogP contribution in [0, 0.1) is 17.6 Å². The van der Waals surface area contributed by atoms with Crippen LogP contribution in [0.5, 0.6) is 0 Å². The minimum absolute atomic E-state index is 0.119. The molecule has 1 fully saturated rings. The molecule has 28 heavy (non-hydrogen) atoms. The average molecular weight is 384 g/mol. The molecule has 1 aliphatic heterocycles. The van der Waals surface area contributed by atoms with Crippen molar-refractivity contribution in [2.75, 3.05) is 6.54 Å². The molecule has 1 aliphatic rings. The first-order valence-corrected chi connectivity index (χ1v) is 9.58. The summed E-state index contributed by atoms with van der Waals surface area (Å²) < 4.78 is 33.2. The third kappa shape index (κ3) is 3.51. The van der Waals surface area contributed by atoms with Gasteiger partial charge in [-0.2, -0.15) is 0 Å². The predicted molar refractivity (Wildman–Crippen MR) is 103 cm³/mol. The maximum atomic E-state index is 14.1. The molecular weight excluding hydrogens is 362 g/mol. The van der Waals surface area contributed by atoms with Crippen molar-refractivity contribution < 1.29 is 18.0 Å². The molecule has 1 amide bonds. The second kappa shape index (κ2) is 7.34. The van der Waals surface area contributed by atoms with Crippen LogP contribution in [-0.4, -0.2) is 22.3 Å². The number of rotatable bonds is 4. The van der Waals surface area contributed by atoms with Crippen LogP contribution in [0.15, 0.2) is 40.8 Å². The van der Waals surface area contributed by atoms with Crippen LogP contribution in [0.25, 0.3) is 22.2 Å². The predicted octanol–water partition coefficient (Wildman–Crippen LogP) is 5.48. The molecule has 4 nitrogen and oxygen atoms in total. The van der Waals surface area contributed by atoms with E-state index in [0.717, 1.165) is 18.9 Å². The van der Waals surface area contributed by atoms with Crippen LogP contribution in [0.2, 0.25) is 0 Å². The Hall–Kier alpha value is -2.76. The van der Waals surface area contributed by atoms with Gasteiger partial charge in [0.2, 0.25) is 11.8 Å². The van der Waals surface area contributed by atoms with Crippen LogP contribution < -0.4 is 0 Å². The van der Waals surface area contributed by atoms with Crippen molar-refractivity contribution in [2.24, 2.45) is 5.92 Å². The fraction of sp³-hybridized carbons (Fsp3) is 0.364. The lowest BCUT2D eigenvalue weighted by atomic mass is 10.0. The molecular formula is C22H22F2N2O2. The Bertz CT molecular complexity index is 1030. The molecule has 1 atom stereocenters. The maximum absolute atomic E-state index is 14.1. The largest absolute Gasteiger partial charge is 0.438 e. The van der Waals surface area contributed by atoms with Crippen molar-refractivity contribution in [3.63, 3.8) is 0 Å². The van der Waals surface area contributed by atoms with E-state index in [4.69, 9.17) is 4.42 Å². The number of likely N-dealkylation sites (tertiary alicyclic amines) is 1. The summed E-state index contributed by atoms with van der Waals surface area (Å²) in [7, 11) is 0. The molecule has 1 aromatic heterocycles.